The average molecular weight is 227 g/mol. The minimum absolute atomic E-state index is 0.219. The quantitative estimate of drug-likeness (QED) is 0.795. The highest BCUT2D eigenvalue weighted by atomic mass is 32.2. The van der Waals surface area contributed by atoms with Gasteiger partial charge in [-0.25, -0.2) is 8.42 Å². The van der Waals surface area contributed by atoms with Gasteiger partial charge in [0.05, 0.1) is 18.1 Å². The first-order valence-corrected chi connectivity index (χ1v) is 6.36. The van der Waals surface area contributed by atoms with E-state index in [0.29, 0.717) is 18.0 Å². The van der Waals surface area contributed by atoms with Crippen LogP contribution in [-0.4, -0.2) is 33.6 Å². The molecule has 15 heavy (non-hydrogen) atoms. The Morgan fingerprint density at radius 2 is 2.00 bits per heavy atom. The molecule has 1 aliphatic heterocycles. The van der Waals surface area contributed by atoms with E-state index in [1.54, 1.807) is 30.3 Å². The SMILES string of the molecule is O=S(=O)(c1ccccc1)C1COCCN1. The number of ether oxygens (including phenoxy) is 1. The second-order valence-electron chi connectivity index (χ2n) is 3.38. The van der Waals surface area contributed by atoms with Crippen molar-refractivity contribution in [3.8, 4) is 0 Å². The molecule has 4 nitrogen and oxygen atoms in total. The molecule has 1 aromatic rings. The number of sulfone groups is 1. The molecule has 1 saturated heterocycles. The fourth-order valence-corrected chi connectivity index (χ4v) is 2.99. The molecular formula is C10H13NO3S. The van der Waals surface area contributed by atoms with Gasteiger partial charge >= 0.3 is 0 Å². The first-order chi connectivity index (χ1) is 7.21. The standard InChI is InChI=1S/C10H13NO3S/c12-15(13,9-4-2-1-3-5-9)10-8-14-7-6-11-10/h1-5,10-11H,6-8H2. The summed E-state index contributed by atoms with van der Waals surface area (Å²) in [6.07, 6.45) is 0. The Bertz CT molecular complexity index is 410. The Morgan fingerprint density at radius 3 is 2.60 bits per heavy atom. The van der Waals surface area contributed by atoms with Gasteiger partial charge in [0.15, 0.2) is 9.84 Å². The molecule has 0 saturated carbocycles. The zero-order chi connectivity index (χ0) is 10.7. The lowest BCUT2D eigenvalue weighted by atomic mass is 10.4. The minimum atomic E-state index is -3.30. The van der Waals surface area contributed by atoms with Crippen molar-refractivity contribution in [2.45, 2.75) is 10.3 Å². The largest absolute Gasteiger partial charge is 0.377 e. The molecule has 82 valence electrons. The lowest BCUT2D eigenvalue weighted by molar-refractivity contribution is 0.0978. The van der Waals surface area contributed by atoms with Crippen LogP contribution in [0.2, 0.25) is 0 Å². The first kappa shape index (κ1) is 10.6. The molecule has 0 amide bonds. The monoisotopic (exact) mass is 227 g/mol. The smallest absolute Gasteiger partial charge is 0.196 e. The Hall–Kier alpha value is -0.910. The third kappa shape index (κ3) is 2.19. The van der Waals surface area contributed by atoms with Crippen LogP contribution >= 0.6 is 0 Å². The fraction of sp³-hybridized carbons (Fsp3) is 0.400. The zero-order valence-corrected chi connectivity index (χ0v) is 9.03. The number of nitrogens with one attached hydrogen (secondary N) is 1. The molecule has 0 radical (unpaired) electrons. The average Bonchev–Trinajstić information content (AvgIpc) is 2.31. The lowest BCUT2D eigenvalue weighted by Gasteiger charge is -2.23. The normalized spacial score (nSPS) is 22.5. The number of hydrogen-bond donors (Lipinski definition) is 1. The molecule has 1 N–H and O–H groups in total. The maximum Gasteiger partial charge on any atom is 0.196 e. The van der Waals surface area contributed by atoms with Crippen molar-refractivity contribution in [3.05, 3.63) is 30.3 Å². The summed E-state index contributed by atoms with van der Waals surface area (Å²) in [5.74, 6) is 0. The van der Waals surface area contributed by atoms with E-state index in [4.69, 9.17) is 4.74 Å². The van der Waals surface area contributed by atoms with E-state index >= 15 is 0 Å². The highest BCUT2D eigenvalue weighted by Crippen LogP contribution is 2.15. The molecule has 0 aliphatic carbocycles. The molecule has 0 aromatic heterocycles. The molecule has 1 unspecified atom stereocenters. The van der Waals surface area contributed by atoms with E-state index in [1.807, 2.05) is 0 Å². The van der Waals surface area contributed by atoms with Crippen LogP contribution < -0.4 is 5.32 Å². The first-order valence-electron chi connectivity index (χ1n) is 4.81. The van der Waals surface area contributed by atoms with Crippen molar-refractivity contribution < 1.29 is 13.2 Å². The van der Waals surface area contributed by atoms with Crippen LogP contribution in [0.25, 0.3) is 0 Å². The third-order valence-corrected chi connectivity index (χ3v) is 4.32. The summed E-state index contributed by atoms with van der Waals surface area (Å²) in [5, 5.41) is 2.33. The van der Waals surface area contributed by atoms with Gasteiger partial charge in [0.1, 0.15) is 5.37 Å². The van der Waals surface area contributed by atoms with Gasteiger partial charge in [-0.1, -0.05) is 18.2 Å². The zero-order valence-electron chi connectivity index (χ0n) is 8.22. The van der Waals surface area contributed by atoms with E-state index in [9.17, 15) is 8.42 Å². The molecule has 1 fully saturated rings. The molecular weight excluding hydrogens is 214 g/mol. The molecule has 0 spiro atoms. The van der Waals surface area contributed by atoms with Gasteiger partial charge in [-0.3, -0.25) is 5.32 Å². The Kier molecular flexibility index (Phi) is 3.04. The van der Waals surface area contributed by atoms with Gasteiger partial charge < -0.3 is 4.74 Å². The van der Waals surface area contributed by atoms with Crippen molar-refractivity contribution in [3.63, 3.8) is 0 Å². The number of benzene rings is 1. The lowest BCUT2D eigenvalue weighted by Crippen LogP contribution is -2.46. The van der Waals surface area contributed by atoms with Gasteiger partial charge in [0, 0.05) is 6.54 Å². The highest BCUT2D eigenvalue weighted by Gasteiger charge is 2.28. The predicted molar refractivity (Wildman–Crippen MR) is 56.2 cm³/mol. The predicted octanol–water partition coefficient (Wildman–Crippen LogP) is 0.406. The summed E-state index contributed by atoms with van der Waals surface area (Å²) in [5.41, 5.74) is 0. The van der Waals surface area contributed by atoms with Crippen molar-refractivity contribution >= 4 is 9.84 Å². The summed E-state index contributed by atoms with van der Waals surface area (Å²) in [6.45, 7) is 1.37. The van der Waals surface area contributed by atoms with Gasteiger partial charge in [-0.2, -0.15) is 0 Å². The van der Waals surface area contributed by atoms with E-state index in [1.165, 1.54) is 0 Å². The van der Waals surface area contributed by atoms with E-state index in [-0.39, 0.29) is 6.61 Å². The molecule has 1 aromatic carbocycles. The molecule has 5 heteroatoms. The van der Waals surface area contributed by atoms with Crippen molar-refractivity contribution in [2.75, 3.05) is 19.8 Å². The second kappa shape index (κ2) is 4.30. The maximum atomic E-state index is 12.0. The van der Waals surface area contributed by atoms with Gasteiger partial charge in [-0.05, 0) is 12.1 Å². The van der Waals surface area contributed by atoms with Crippen LogP contribution in [0.15, 0.2) is 35.2 Å². The Labute approximate surface area is 89.2 Å². The number of morpholine rings is 1. The van der Waals surface area contributed by atoms with Crippen molar-refractivity contribution in [1.29, 1.82) is 0 Å². The van der Waals surface area contributed by atoms with Crippen LogP contribution in [-0.2, 0) is 14.6 Å². The number of hydrogen-bond acceptors (Lipinski definition) is 4. The maximum absolute atomic E-state index is 12.0. The van der Waals surface area contributed by atoms with Gasteiger partial charge in [0.2, 0.25) is 0 Å². The van der Waals surface area contributed by atoms with Crippen molar-refractivity contribution in [1.82, 2.24) is 5.32 Å². The van der Waals surface area contributed by atoms with Gasteiger partial charge in [-0.15, -0.1) is 0 Å². The minimum Gasteiger partial charge on any atom is -0.377 e. The third-order valence-electron chi connectivity index (χ3n) is 2.33. The van der Waals surface area contributed by atoms with Crippen molar-refractivity contribution in [2.24, 2.45) is 0 Å². The molecule has 1 aliphatic rings. The molecule has 1 heterocycles. The van der Waals surface area contributed by atoms with Crippen LogP contribution in [0.4, 0.5) is 0 Å². The second-order valence-corrected chi connectivity index (χ2v) is 5.51. The molecule has 0 bridgehead atoms. The van der Waals surface area contributed by atoms with Crippen LogP contribution in [0.3, 0.4) is 0 Å². The summed E-state index contributed by atoms with van der Waals surface area (Å²) in [4.78, 5) is 0.341. The van der Waals surface area contributed by atoms with E-state index < -0.39 is 15.2 Å². The van der Waals surface area contributed by atoms with E-state index in [0.717, 1.165) is 0 Å². The highest BCUT2D eigenvalue weighted by molar-refractivity contribution is 7.92. The van der Waals surface area contributed by atoms with Gasteiger partial charge in [0.25, 0.3) is 0 Å². The van der Waals surface area contributed by atoms with Crippen LogP contribution in [0, 0.1) is 0 Å². The van der Waals surface area contributed by atoms with E-state index in [2.05, 4.69) is 5.32 Å². The molecule has 2 rings (SSSR count). The summed E-state index contributed by atoms with van der Waals surface area (Å²) in [6, 6.07) is 8.44. The fourth-order valence-electron chi connectivity index (χ4n) is 1.52. The Morgan fingerprint density at radius 1 is 1.27 bits per heavy atom. The summed E-state index contributed by atoms with van der Waals surface area (Å²) in [7, 11) is -3.30. The summed E-state index contributed by atoms with van der Waals surface area (Å²) >= 11 is 0. The molecule has 1 atom stereocenters. The Balaban J connectivity index is 2.26. The van der Waals surface area contributed by atoms with Crippen LogP contribution in [0.1, 0.15) is 0 Å². The number of rotatable bonds is 2. The summed E-state index contributed by atoms with van der Waals surface area (Å²) < 4.78 is 29.2. The van der Waals surface area contributed by atoms with Crippen LogP contribution in [0.5, 0.6) is 0 Å². The topological polar surface area (TPSA) is 55.4 Å².